The zero-order valence-electron chi connectivity index (χ0n) is 25.0. The normalized spacial score (nSPS) is 11.4. The summed E-state index contributed by atoms with van der Waals surface area (Å²) >= 11 is 1.62. The lowest BCUT2D eigenvalue weighted by atomic mass is 10.1. The first-order valence-corrected chi connectivity index (χ1v) is 15.8. The van der Waals surface area contributed by atoms with Crippen molar-refractivity contribution in [2.75, 3.05) is 49.3 Å². The number of nitrogens with one attached hydrogen (secondary N) is 2. The van der Waals surface area contributed by atoms with Crippen LogP contribution in [-0.4, -0.2) is 60.9 Å². The van der Waals surface area contributed by atoms with Crippen LogP contribution in [0.1, 0.15) is 97.5 Å². The number of aryl methyl sites for hydroxylation is 1. The zero-order chi connectivity index (χ0) is 28.7. The summed E-state index contributed by atoms with van der Waals surface area (Å²) in [7, 11) is 0. The van der Waals surface area contributed by atoms with Crippen LogP contribution in [0, 0.1) is 6.92 Å². The number of benzene rings is 1. The fourth-order valence-electron chi connectivity index (χ4n) is 3.89. The van der Waals surface area contributed by atoms with Crippen molar-refractivity contribution in [1.29, 1.82) is 0 Å². The van der Waals surface area contributed by atoms with Gasteiger partial charge < -0.3 is 14.8 Å². The lowest BCUT2D eigenvalue weighted by molar-refractivity contribution is 0.0850. The number of carbonyl (C=O) groups excluding carboxylic acids is 2. The Hall–Kier alpha value is -2.26. The minimum absolute atomic E-state index is 0.179. The lowest BCUT2D eigenvalue weighted by Crippen LogP contribution is -2.39. The summed E-state index contributed by atoms with van der Waals surface area (Å²) < 4.78 is 10.4. The molecule has 3 amide bonds. The maximum Gasteiger partial charge on any atom is 0.411 e. The van der Waals surface area contributed by atoms with Gasteiger partial charge in [-0.1, -0.05) is 90.0 Å². The number of carbonyl (C=O) groups is 2. The van der Waals surface area contributed by atoms with E-state index in [1.807, 2.05) is 26.0 Å². The third kappa shape index (κ3) is 15.8. The van der Waals surface area contributed by atoms with Gasteiger partial charge in [-0.3, -0.25) is 15.2 Å². The molecule has 2 N–H and O–H groups in total. The molecule has 0 saturated carbocycles. The van der Waals surface area contributed by atoms with Crippen molar-refractivity contribution in [3.63, 3.8) is 0 Å². The number of anilines is 2. The molecule has 0 saturated heterocycles. The Bertz CT molecular complexity index is 850. The highest BCUT2D eigenvalue weighted by molar-refractivity contribution is 8.13. The topological polar surface area (TPSA) is 92.3 Å². The summed E-state index contributed by atoms with van der Waals surface area (Å²) in [6.07, 6.45) is 10.9. The third-order valence-electron chi connectivity index (χ3n) is 6.13. The fraction of sp³-hybridized carbons (Fsp3) is 0.700. The van der Waals surface area contributed by atoms with E-state index >= 15 is 0 Å². The van der Waals surface area contributed by atoms with Crippen molar-refractivity contribution in [1.82, 2.24) is 4.90 Å². The van der Waals surface area contributed by atoms with E-state index in [1.165, 1.54) is 38.5 Å². The standard InChI is InChI=1S/C30H52N4O4S/c1-6-10-12-14-16-20-31-29(39-9-4)34(21-17-15-13-11-7-2)28(35)32-26-19-18-25(5)27(24-26)33-30(36)38-23-22-37-8-3/h18-19,24H,6-17,20-23H2,1-5H3,(H,32,35)(H,33,36). The average Bonchev–Trinajstić information content (AvgIpc) is 2.92. The summed E-state index contributed by atoms with van der Waals surface area (Å²) in [5.74, 6) is 0.846. The first-order valence-electron chi connectivity index (χ1n) is 14.8. The fourth-order valence-corrected chi connectivity index (χ4v) is 4.67. The van der Waals surface area contributed by atoms with Crippen LogP contribution in [0.3, 0.4) is 0 Å². The van der Waals surface area contributed by atoms with Crippen LogP contribution >= 0.6 is 11.8 Å². The zero-order valence-corrected chi connectivity index (χ0v) is 25.8. The number of unbranched alkanes of at least 4 members (excludes halogenated alkanes) is 8. The molecule has 1 aromatic rings. The number of hydrogen-bond donors (Lipinski definition) is 2. The predicted molar refractivity (Wildman–Crippen MR) is 166 cm³/mol. The van der Waals surface area contributed by atoms with E-state index in [0.29, 0.717) is 31.1 Å². The van der Waals surface area contributed by atoms with E-state index < -0.39 is 6.09 Å². The number of urea groups is 1. The number of hydrogen-bond acceptors (Lipinski definition) is 6. The maximum absolute atomic E-state index is 13.5. The van der Waals surface area contributed by atoms with Gasteiger partial charge in [0.15, 0.2) is 5.17 Å². The smallest absolute Gasteiger partial charge is 0.411 e. The molecule has 39 heavy (non-hydrogen) atoms. The molecule has 0 bridgehead atoms. The molecule has 8 nitrogen and oxygen atoms in total. The second-order valence-electron chi connectivity index (χ2n) is 9.50. The minimum atomic E-state index is -0.553. The van der Waals surface area contributed by atoms with Crippen molar-refractivity contribution >= 4 is 40.4 Å². The Morgan fingerprint density at radius 3 is 2.26 bits per heavy atom. The number of nitrogens with zero attached hydrogens (tertiary/aromatic N) is 2. The molecule has 0 fully saturated rings. The summed E-state index contributed by atoms with van der Waals surface area (Å²) in [5.41, 5.74) is 2.06. The van der Waals surface area contributed by atoms with Gasteiger partial charge in [0.25, 0.3) is 0 Å². The molecule has 9 heteroatoms. The molecule has 0 aliphatic carbocycles. The Balaban J connectivity index is 2.94. The number of rotatable bonds is 19. The Morgan fingerprint density at radius 2 is 1.59 bits per heavy atom. The van der Waals surface area contributed by atoms with E-state index in [1.54, 1.807) is 22.7 Å². The first-order chi connectivity index (χ1) is 19.0. The maximum atomic E-state index is 13.5. The molecule has 0 heterocycles. The summed E-state index contributed by atoms with van der Waals surface area (Å²) in [4.78, 5) is 32.4. The van der Waals surface area contributed by atoms with Gasteiger partial charge in [0, 0.05) is 31.1 Å². The number of amidine groups is 1. The van der Waals surface area contributed by atoms with Gasteiger partial charge >= 0.3 is 12.1 Å². The second kappa shape index (κ2) is 22.5. The highest BCUT2D eigenvalue weighted by Crippen LogP contribution is 2.22. The molecule has 0 atom stereocenters. The highest BCUT2D eigenvalue weighted by atomic mass is 32.2. The van der Waals surface area contributed by atoms with Crippen LogP contribution in [0.2, 0.25) is 0 Å². The van der Waals surface area contributed by atoms with Crippen LogP contribution in [0.15, 0.2) is 23.2 Å². The molecule has 222 valence electrons. The average molecular weight is 565 g/mol. The SMILES string of the molecule is CCCCCCCN=C(SCC)N(CCCCCCC)C(=O)Nc1ccc(C)c(NC(=O)OCCOCC)c1. The first kappa shape index (κ1) is 34.8. The van der Waals surface area contributed by atoms with Crippen molar-refractivity contribution in [2.45, 2.75) is 98.8 Å². The van der Waals surface area contributed by atoms with Crippen molar-refractivity contribution in [2.24, 2.45) is 4.99 Å². The van der Waals surface area contributed by atoms with Crippen LogP contribution < -0.4 is 10.6 Å². The minimum Gasteiger partial charge on any atom is -0.447 e. The van der Waals surface area contributed by atoms with E-state index in [2.05, 4.69) is 31.4 Å². The van der Waals surface area contributed by atoms with Gasteiger partial charge in [-0.15, -0.1) is 0 Å². The van der Waals surface area contributed by atoms with E-state index in [9.17, 15) is 9.59 Å². The van der Waals surface area contributed by atoms with Crippen molar-refractivity contribution in [3.8, 4) is 0 Å². The number of thioether (sulfide) groups is 1. The van der Waals surface area contributed by atoms with Crippen molar-refractivity contribution < 1.29 is 19.1 Å². The molecular weight excluding hydrogens is 512 g/mol. The molecule has 0 aliphatic heterocycles. The van der Waals surface area contributed by atoms with Gasteiger partial charge in [0.05, 0.1) is 6.61 Å². The summed E-state index contributed by atoms with van der Waals surface area (Å²) in [6, 6.07) is 5.27. The molecule has 0 radical (unpaired) electrons. The molecule has 0 spiro atoms. The van der Waals surface area contributed by atoms with E-state index in [0.717, 1.165) is 48.7 Å². The van der Waals surface area contributed by atoms with Gasteiger partial charge in [-0.2, -0.15) is 0 Å². The quantitative estimate of drug-likeness (QED) is 0.0999. The second-order valence-corrected chi connectivity index (χ2v) is 10.7. The van der Waals surface area contributed by atoms with Gasteiger partial charge in [-0.05, 0) is 50.1 Å². The monoisotopic (exact) mass is 564 g/mol. The molecule has 1 aromatic carbocycles. The van der Waals surface area contributed by atoms with Gasteiger partial charge in [0.1, 0.15) is 6.61 Å². The third-order valence-corrected chi connectivity index (χ3v) is 7.03. The van der Waals surface area contributed by atoms with Gasteiger partial charge in [0.2, 0.25) is 0 Å². The molecule has 0 aromatic heterocycles. The van der Waals surface area contributed by atoms with Crippen molar-refractivity contribution in [3.05, 3.63) is 23.8 Å². The number of aliphatic imine (C=N–C) groups is 1. The van der Waals surface area contributed by atoms with Crippen LogP contribution in [0.5, 0.6) is 0 Å². The summed E-state index contributed by atoms with van der Waals surface area (Å²) in [6.45, 7) is 12.8. The van der Waals surface area contributed by atoms with E-state index in [4.69, 9.17) is 14.5 Å². The highest BCUT2D eigenvalue weighted by Gasteiger charge is 2.20. The largest absolute Gasteiger partial charge is 0.447 e. The molecule has 0 unspecified atom stereocenters. The molecule has 1 rings (SSSR count). The predicted octanol–water partition coefficient (Wildman–Crippen LogP) is 8.46. The Labute approximate surface area is 241 Å². The Morgan fingerprint density at radius 1 is 0.897 bits per heavy atom. The van der Waals surface area contributed by atoms with Crippen LogP contribution in [0.4, 0.5) is 21.0 Å². The molecule has 0 aliphatic rings. The molecular formula is C30H52N4O4S. The number of ether oxygens (including phenoxy) is 2. The lowest BCUT2D eigenvalue weighted by Gasteiger charge is -2.24. The summed E-state index contributed by atoms with van der Waals surface area (Å²) in [5, 5.41) is 6.58. The van der Waals surface area contributed by atoms with Gasteiger partial charge in [-0.25, -0.2) is 9.59 Å². The van der Waals surface area contributed by atoms with Crippen LogP contribution in [0.25, 0.3) is 0 Å². The van der Waals surface area contributed by atoms with E-state index in [-0.39, 0.29) is 12.6 Å². The van der Waals surface area contributed by atoms with Crippen LogP contribution in [-0.2, 0) is 9.47 Å². The Kier molecular flexibility index (Phi) is 20.1. The number of amides is 3.